The number of ether oxygens (including phenoxy) is 2. The second-order valence-corrected chi connectivity index (χ2v) is 6.96. The van der Waals surface area contributed by atoms with Gasteiger partial charge in [0.1, 0.15) is 12.4 Å². The molecule has 0 radical (unpaired) electrons. The molecular formula is C22H19BrFN3O3. The molecule has 3 aromatic rings. The molecule has 0 saturated heterocycles. The number of hydrazone groups is 1. The third-order valence-corrected chi connectivity index (χ3v) is 4.65. The molecule has 3 rings (SSSR count). The number of halogens is 2. The van der Waals surface area contributed by atoms with Gasteiger partial charge in [-0.1, -0.05) is 12.1 Å². The van der Waals surface area contributed by atoms with Crippen LogP contribution in [-0.4, -0.2) is 23.7 Å². The predicted octanol–water partition coefficient (Wildman–Crippen LogP) is 4.72. The first-order valence-electron chi connectivity index (χ1n) is 9.14. The molecule has 0 aliphatic heterocycles. The Hall–Kier alpha value is -3.26. The van der Waals surface area contributed by atoms with Crippen LogP contribution in [0, 0.1) is 5.82 Å². The minimum absolute atomic E-state index is 0.265. The van der Waals surface area contributed by atoms with Crippen molar-refractivity contribution in [2.45, 2.75) is 13.5 Å². The highest BCUT2D eigenvalue weighted by atomic mass is 79.9. The van der Waals surface area contributed by atoms with E-state index >= 15 is 0 Å². The van der Waals surface area contributed by atoms with Crippen molar-refractivity contribution in [3.05, 3.63) is 87.9 Å². The fraction of sp³-hybridized carbons (Fsp3) is 0.136. The number of hydrogen-bond acceptors (Lipinski definition) is 5. The van der Waals surface area contributed by atoms with Gasteiger partial charge in [-0.05, 0) is 64.8 Å². The third-order valence-electron chi connectivity index (χ3n) is 3.96. The molecule has 30 heavy (non-hydrogen) atoms. The van der Waals surface area contributed by atoms with Gasteiger partial charge in [0.25, 0.3) is 5.91 Å². The summed E-state index contributed by atoms with van der Waals surface area (Å²) in [5, 5.41) is 4.00. The molecular weight excluding hydrogens is 453 g/mol. The van der Waals surface area contributed by atoms with E-state index in [4.69, 9.17) is 9.47 Å². The molecule has 1 heterocycles. The van der Waals surface area contributed by atoms with Crippen molar-refractivity contribution in [1.82, 2.24) is 10.4 Å². The van der Waals surface area contributed by atoms with Crippen molar-refractivity contribution in [3.63, 3.8) is 0 Å². The average molecular weight is 472 g/mol. The van der Waals surface area contributed by atoms with E-state index in [9.17, 15) is 9.18 Å². The Morgan fingerprint density at radius 2 is 1.97 bits per heavy atom. The number of carbonyl (C=O) groups is 1. The fourth-order valence-corrected chi connectivity index (χ4v) is 2.92. The highest BCUT2D eigenvalue weighted by Crippen LogP contribution is 2.33. The van der Waals surface area contributed by atoms with Crippen LogP contribution in [0.5, 0.6) is 11.5 Å². The first-order chi connectivity index (χ1) is 14.6. The van der Waals surface area contributed by atoms with Gasteiger partial charge in [-0.15, -0.1) is 0 Å². The summed E-state index contributed by atoms with van der Waals surface area (Å²) >= 11 is 3.48. The minimum atomic E-state index is -0.361. The number of rotatable bonds is 8. The molecule has 8 heteroatoms. The van der Waals surface area contributed by atoms with Crippen LogP contribution in [-0.2, 0) is 6.61 Å². The van der Waals surface area contributed by atoms with Crippen molar-refractivity contribution in [1.29, 1.82) is 0 Å². The maximum absolute atomic E-state index is 13.1. The number of amides is 1. The number of aromatic nitrogens is 1. The van der Waals surface area contributed by atoms with Gasteiger partial charge in [-0.3, -0.25) is 9.78 Å². The van der Waals surface area contributed by atoms with Gasteiger partial charge in [-0.25, -0.2) is 9.82 Å². The molecule has 154 valence electrons. The molecule has 2 aromatic carbocycles. The van der Waals surface area contributed by atoms with Crippen molar-refractivity contribution < 1.29 is 18.7 Å². The lowest BCUT2D eigenvalue weighted by molar-refractivity contribution is 0.0954. The van der Waals surface area contributed by atoms with E-state index in [1.165, 1.54) is 24.5 Å². The number of benzene rings is 2. The Morgan fingerprint density at radius 3 is 2.67 bits per heavy atom. The SMILES string of the molecule is CCOc1cc(/C=N\NC(=O)c2cccnc2)c(Br)cc1OCc1ccc(F)cc1. The lowest BCUT2D eigenvalue weighted by Crippen LogP contribution is -2.17. The number of carbonyl (C=O) groups excluding carboxylic acids is 1. The number of hydrogen-bond donors (Lipinski definition) is 1. The Bertz CT molecular complexity index is 1030. The smallest absolute Gasteiger partial charge is 0.272 e. The lowest BCUT2D eigenvalue weighted by atomic mass is 10.2. The minimum Gasteiger partial charge on any atom is -0.490 e. The molecule has 0 fully saturated rings. The van der Waals surface area contributed by atoms with Gasteiger partial charge < -0.3 is 9.47 Å². The molecule has 0 bridgehead atoms. The van der Waals surface area contributed by atoms with E-state index in [-0.39, 0.29) is 18.3 Å². The zero-order valence-electron chi connectivity index (χ0n) is 16.1. The van der Waals surface area contributed by atoms with Crippen LogP contribution in [0.25, 0.3) is 0 Å². The average Bonchev–Trinajstić information content (AvgIpc) is 2.76. The molecule has 0 saturated carbocycles. The molecule has 0 spiro atoms. The van der Waals surface area contributed by atoms with Crippen molar-refractivity contribution in [3.8, 4) is 11.5 Å². The number of nitrogens with one attached hydrogen (secondary N) is 1. The summed E-state index contributed by atoms with van der Waals surface area (Å²) < 4.78 is 25.3. The number of pyridine rings is 1. The fourth-order valence-electron chi connectivity index (χ4n) is 2.49. The number of nitrogens with zero attached hydrogens (tertiary/aromatic N) is 2. The largest absolute Gasteiger partial charge is 0.490 e. The first kappa shape index (κ1) is 21.4. The van der Waals surface area contributed by atoms with Crippen molar-refractivity contribution >= 4 is 28.1 Å². The standard InChI is InChI=1S/C22H19BrFN3O3/c1-2-29-20-10-17(13-26-27-22(28)16-4-3-9-25-12-16)19(23)11-21(20)30-14-15-5-7-18(24)8-6-15/h3-13H,2,14H2,1H3,(H,27,28)/b26-13-. The molecule has 1 N–H and O–H groups in total. The van der Waals surface area contributed by atoms with Gasteiger partial charge in [0.15, 0.2) is 11.5 Å². The highest BCUT2D eigenvalue weighted by molar-refractivity contribution is 9.10. The monoisotopic (exact) mass is 471 g/mol. The molecule has 6 nitrogen and oxygen atoms in total. The summed E-state index contributed by atoms with van der Waals surface area (Å²) in [7, 11) is 0. The predicted molar refractivity (Wildman–Crippen MR) is 115 cm³/mol. The van der Waals surface area contributed by atoms with Crippen LogP contribution in [0.1, 0.15) is 28.4 Å². The van der Waals surface area contributed by atoms with E-state index < -0.39 is 0 Å². The van der Waals surface area contributed by atoms with Crippen LogP contribution < -0.4 is 14.9 Å². The molecule has 1 aromatic heterocycles. The van der Waals surface area contributed by atoms with Crippen LogP contribution in [0.4, 0.5) is 4.39 Å². The van der Waals surface area contributed by atoms with E-state index in [0.29, 0.717) is 33.7 Å². The summed E-state index contributed by atoms with van der Waals surface area (Å²) in [5.41, 5.74) is 4.40. The molecule has 0 aliphatic rings. The van der Waals surface area contributed by atoms with Crippen molar-refractivity contribution in [2.24, 2.45) is 5.10 Å². The van der Waals surface area contributed by atoms with E-state index in [2.05, 4.69) is 31.4 Å². The first-order valence-corrected chi connectivity index (χ1v) is 9.93. The second kappa shape index (κ2) is 10.5. The summed E-state index contributed by atoms with van der Waals surface area (Å²) in [5.74, 6) is 0.406. The Labute approximate surface area is 181 Å². The summed E-state index contributed by atoms with van der Waals surface area (Å²) in [6, 6.07) is 12.9. The third kappa shape index (κ3) is 5.87. The summed E-state index contributed by atoms with van der Waals surface area (Å²) in [4.78, 5) is 15.9. The molecule has 0 atom stereocenters. The maximum Gasteiger partial charge on any atom is 0.272 e. The van der Waals surface area contributed by atoms with Crippen LogP contribution in [0.15, 0.2) is 70.5 Å². The Balaban J connectivity index is 1.71. The van der Waals surface area contributed by atoms with Crippen molar-refractivity contribution in [2.75, 3.05) is 6.61 Å². The molecule has 1 amide bonds. The van der Waals surface area contributed by atoms with E-state index in [1.54, 1.807) is 42.6 Å². The zero-order chi connectivity index (χ0) is 21.3. The molecule has 0 aliphatic carbocycles. The Kier molecular flexibility index (Phi) is 7.51. The maximum atomic E-state index is 13.1. The second-order valence-electron chi connectivity index (χ2n) is 6.11. The summed E-state index contributed by atoms with van der Waals surface area (Å²) in [6.07, 6.45) is 4.55. The van der Waals surface area contributed by atoms with Gasteiger partial charge in [0.05, 0.1) is 18.4 Å². The van der Waals surface area contributed by atoms with Gasteiger partial charge >= 0.3 is 0 Å². The normalized spacial score (nSPS) is 10.8. The van der Waals surface area contributed by atoms with Gasteiger partial charge in [-0.2, -0.15) is 5.10 Å². The topological polar surface area (TPSA) is 72.8 Å². The molecule has 0 unspecified atom stereocenters. The van der Waals surface area contributed by atoms with Gasteiger partial charge in [0.2, 0.25) is 0 Å². The van der Waals surface area contributed by atoms with Crippen LogP contribution in [0.2, 0.25) is 0 Å². The van der Waals surface area contributed by atoms with Crippen LogP contribution in [0.3, 0.4) is 0 Å². The van der Waals surface area contributed by atoms with E-state index in [1.807, 2.05) is 6.92 Å². The quantitative estimate of drug-likeness (QED) is 0.380. The van der Waals surface area contributed by atoms with E-state index in [0.717, 1.165) is 5.56 Å². The summed E-state index contributed by atoms with van der Waals surface area (Å²) in [6.45, 7) is 2.58. The lowest BCUT2D eigenvalue weighted by Gasteiger charge is -2.14. The Morgan fingerprint density at radius 1 is 1.20 bits per heavy atom. The zero-order valence-corrected chi connectivity index (χ0v) is 17.7. The van der Waals surface area contributed by atoms with Crippen LogP contribution >= 0.6 is 15.9 Å². The highest BCUT2D eigenvalue weighted by Gasteiger charge is 2.11. The van der Waals surface area contributed by atoms with Gasteiger partial charge in [0, 0.05) is 22.4 Å².